The molecule has 0 saturated carbocycles. The molecule has 1 saturated heterocycles. The summed E-state index contributed by atoms with van der Waals surface area (Å²) < 4.78 is 14.0. The molecule has 4 N–H and O–H groups in total. The van der Waals surface area contributed by atoms with Gasteiger partial charge in [0, 0.05) is 13.1 Å². The molecule has 4 atom stereocenters. The van der Waals surface area contributed by atoms with Crippen molar-refractivity contribution in [3.63, 3.8) is 0 Å². The second-order valence-electron chi connectivity index (χ2n) is 10.4. The van der Waals surface area contributed by atoms with E-state index in [0.29, 0.717) is 17.1 Å². The van der Waals surface area contributed by atoms with Crippen molar-refractivity contribution in [1.82, 2.24) is 45.0 Å². The molecule has 5 rings (SSSR count). The zero-order valence-electron chi connectivity index (χ0n) is 22.4. The van der Waals surface area contributed by atoms with Crippen LogP contribution in [0.3, 0.4) is 0 Å². The van der Waals surface area contributed by atoms with Crippen molar-refractivity contribution < 1.29 is 24.3 Å². The van der Waals surface area contributed by atoms with Crippen molar-refractivity contribution in [1.29, 1.82) is 0 Å². The molecule has 0 spiro atoms. The first-order valence-electron chi connectivity index (χ1n) is 12.7. The van der Waals surface area contributed by atoms with E-state index in [1.54, 1.807) is 12.3 Å². The van der Waals surface area contributed by atoms with Gasteiger partial charge in [-0.3, -0.25) is 9.36 Å². The summed E-state index contributed by atoms with van der Waals surface area (Å²) in [7, 11) is 1.42. The Hall–Kier alpha value is -3.95. The van der Waals surface area contributed by atoms with Crippen molar-refractivity contribution in [3.8, 4) is 5.95 Å². The highest BCUT2D eigenvalue weighted by molar-refractivity contribution is 5.84. The van der Waals surface area contributed by atoms with E-state index in [-0.39, 0.29) is 23.6 Å². The lowest BCUT2D eigenvalue weighted by Gasteiger charge is -2.20. The Labute approximate surface area is 223 Å². The van der Waals surface area contributed by atoms with Crippen LogP contribution in [0.25, 0.3) is 17.1 Å². The molecule has 15 nitrogen and oxygen atoms in total. The lowest BCUT2D eigenvalue weighted by Crippen LogP contribution is -2.41. The second-order valence-corrected chi connectivity index (χ2v) is 10.4. The number of hydrogen-bond acceptors (Lipinski definition) is 12. The Morgan fingerprint density at radius 2 is 2.03 bits per heavy atom. The van der Waals surface area contributed by atoms with Gasteiger partial charge in [0.1, 0.15) is 12.2 Å². The lowest BCUT2D eigenvalue weighted by atomic mass is 9.85. The number of nitrogens with one attached hydrogen (secondary N) is 2. The molecule has 0 aromatic carbocycles. The smallest absolute Gasteiger partial charge is 0.256 e. The van der Waals surface area contributed by atoms with Crippen LogP contribution in [0, 0.1) is 12.3 Å². The van der Waals surface area contributed by atoms with Crippen LogP contribution in [0.15, 0.2) is 23.1 Å². The molecule has 0 unspecified atom stereocenters. The Morgan fingerprint density at radius 1 is 1.23 bits per heavy atom. The second kappa shape index (κ2) is 10.3. The van der Waals surface area contributed by atoms with Gasteiger partial charge in [0.05, 0.1) is 30.5 Å². The number of carbonyl (C=O) groups excluding carboxylic acids is 1. The van der Waals surface area contributed by atoms with Crippen LogP contribution in [-0.2, 0) is 22.5 Å². The summed E-state index contributed by atoms with van der Waals surface area (Å²) in [6.07, 6.45) is -0.362. The number of likely N-dealkylation sites (N-methyl/N-ethyl adjacent to an activating group) is 1. The average Bonchev–Trinajstić information content (AvgIpc) is 3.70. The molecule has 4 aromatic heterocycles. The van der Waals surface area contributed by atoms with Gasteiger partial charge in [-0.25, -0.2) is 4.98 Å². The summed E-state index contributed by atoms with van der Waals surface area (Å²) in [4.78, 5) is 25.9. The molecule has 1 aliphatic rings. The summed E-state index contributed by atoms with van der Waals surface area (Å²) in [6, 6.07) is 1.80. The number of aliphatic hydroxyl groups excluding tert-OH is 2. The van der Waals surface area contributed by atoms with Gasteiger partial charge in [0.25, 0.3) is 11.9 Å². The van der Waals surface area contributed by atoms with Gasteiger partial charge >= 0.3 is 0 Å². The van der Waals surface area contributed by atoms with Crippen molar-refractivity contribution in [3.05, 3.63) is 35.7 Å². The minimum Gasteiger partial charge on any atom is -0.387 e. The third kappa shape index (κ3) is 5.20. The minimum absolute atomic E-state index is 0.0460. The topological polar surface area (TPSA) is 191 Å². The summed E-state index contributed by atoms with van der Waals surface area (Å²) in [5.41, 5.74) is 2.24. The van der Waals surface area contributed by atoms with E-state index in [1.165, 1.54) is 22.6 Å². The number of nitrogens with zero attached hydrogens (tertiary/aromatic N) is 8. The molecule has 208 valence electrons. The van der Waals surface area contributed by atoms with Crippen molar-refractivity contribution in [2.75, 3.05) is 12.4 Å². The number of carbonyl (C=O) groups is 1. The first kappa shape index (κ1) is 26.6. The van der Waals surface area contributed by atoms with Gasteiger partial charge < -0.3 is 30.1 Å². The highest BCUT2D eigenvalue weighted by atomic mass is 16.6. The van der Waals surface area contributed by atoms with E-state index in [0.717, 1.165) is 24.2 Å². The first-order chi connectivity index (χ1) is 18.6. The van der Waals surface area contributed by atoms with Crippen LogP contribution in [-0.4, -0.2) is 81.1 Å². The Morgan fingerprint density at radius 3 is 2.72 bits per heavy atom. The van der Waals surface area contributed by atoms with Crippen LogP contribution in [0.5, 0.6) is 0 Å². The first-order valence-corrected chi connectivity index (χ1v) is 12.7. The fourth-order valence-electron chi connectivity index (χ4n) is 4.33. The number of rotatable bonds is 9. The van der Waals surface area contributed by atoms with Gasteiger partial charge in [0.15, 0.2) is 35.1 Å². The number of imidazole rings is 1. The molecular weight excluding hydrogens is 508 g/mol. The predicted octanol–water partition coefficient (Wildman–Crippen LogP) is 0.659. The number of aryl methyl sites for hydroxylation is 1. The monoisotopic (exact) mass is 540 g/mol. The Bertz CT molecular complexity index is 1480. The molecule has 1 fully saturated rings. The number of ether oxygens (including phenoxy) is 1. The molecule has 1 amide bonds. The number of anilines is 1. The number of aliphatic hydroxyl groups is 2. The maximum absolute atomic E-state index is 12.2. The number of fused-ring (bicyclic) bond motifs is 1. The van der Waals surface area contributed by atoms with E-state index in [4.69, 9.17) is 9.26 Å². The van der Waals surface area contributed by atoms with Crippen LogP contribution in [0.1, 0.15) is 50.6 Å². The average molecular weight is 541 g/mol. The normalized spacial score (nSPS) is 21.5. The van der Waals surface area contributed by atoms with Gasteiger partial charge in [-0.15, -0.1) is 5.10 Å². The van der Waals surface area contributed by atoms with Gasteiger partial charge in [-0.1, -0.05) is 37.6 Å². The van der Waals surface area contributed by atoms with E-state index in [2.05, 4.69) is 61.8 Å². The van der Waals surface area contributed by atoms with Gasteiger partial charge in [-0.05, 0) is 18.8 Å². The number of amides is 1. The van der Waals surface area contributed by atoms with E-state index in [1.807, 2.05) is 6.92 Å². The molecule has 15 heteroatoms. The molecular formula is C24H32N10O5. The Balaban J connectivity index is 1.55. The third-order valence-corrected chi connectivity index (χ3v) is 6.90. The molecule has 0 aliphatic carbocycles. The van der Waals surface area contributed by atoms with Crippen LogP contribution >= 0.6 is 0 Å². The molecule has 0 radical (unpaired) electrons. The summed E-state index contributed by atoms with van der Waals surface area (Å²) in [5, 5.41) is 39.3. The quantitative estimate of drug-likeness (QED) is 0.232. The third-order valence-electron chi connectivity index (χ3n) is 6.90. The molecule has 0 bridgehead atoms. The molecule has 1 aliphatic heterocycles. The van der Waals surface area contributed by atoms with E-state index >= 15 is 0 Å². The molecule has 39 heavy (non-hydrogen) atoms. The summed E-state index contributed by atoms with van der Waals surface area (Å²) in [6.45, 7) is 8.54. The highest BCUT2D eigenvalue weighted by Gasteiger charge is 2.47. The molecule has 5 heterocycles. The minimum atomic E-state index is -1.44. The zero-order valence-corrected chi connectivity index (χ0v) is 22.4. The van der Waals surface area contributed by atoms with E-state index < -0.39 is 30.4 Å². The standard InChI is InChI=1S/C24H32N10O5/c1-6-24(3,4)8-13-10-34(32-30-13)23-28-19(26-9-14-7-12(2)31-39-14)15-20(29-23)33(11-27-15)22-17(36)16(35)18(38-22)21(37)25-5/h7,10-11,16-18,22,35-36H,6,8-9H2,1-5H3,(H,25,37)(H,26,28,29)/t16-,17+,18-,22+/m0/s1. The highest BCUT2D eigenvalue weighted by Crippen LogP contribution is 2.33. The van der Waals surface area contributed by atoms with Gasteiger partial charge in [0.2, 0.25) is 0 Å². The maximum Gasteiger partial charge on any atom is 0.256 e. The summed E-state index contributed by atoms with van der Waals surface area (Å²) in [5.74, 6) is 0.601. The lowest BCUT2D eigenvalue weighted by molar-refractivity contribution is -0.137. The van der Waals surface area contributed by atoms with Crippen molar-refractivity contribution >= 4 is 22.9 Å². The Kier molecular flexibility index (Phi) is 7.05. The van der Waals surface area contributed by atoms with E-state index in [9.17, 15) is 15.0 Å². The van der Waals surface area contributed by atoms with Crippen molar-refractivity contribution in [2.24, 2.45) is 5.41 Å². The van der Waals surface area contributed by atoms with Gasteiger partial charge in [-0.2, -0.15) is 14.6 Å². The fourth-order valence-corrected chi connectivity index (χ4v) is 4.33. The zero-order chi connectivity index (χ0) is 27.9. The molecule has 4 aromatic rings. The number of hydrogen-bond donors (Lipinski definition) is 4. The largest absolute Gasteiger partial charge is 0.387 e. The van der Waals surface area contributed by atoms with Crippen molar-refractivity contribution in [2.45, 2.75) is 71.6 Å². The van der Waals surface area contributed by atoms with Crippen LogP contribution < -0.4 is 10.6 Å². The maximum atomic E-state index is 12.2. The SMILES string of the molecule is CCC(C)(C)Cc1cn(-c2nc(NCc3cc(C)no3)c3ncn([C@@H]4O[C@H](C(=O)NC)[C@@H](O)[C@H]4O)c3n2)nn1. The van der Waals surface area contributed by atoms with Crippen LogP contribution in [0.2, 0.25) is 0 Å². The number of aromatic nitrogens is 8. The van der Waals surface area contributed by atoms with Crippen LogP contribution in [0.4, 0.5) is 5.82 Å². The summed E-state index contributed by atoms with van der Waals surface area (Å²) >= 11 is 0. The fraction of sp³-hybridized carbons (Fsp3) is 0.542. The predicted molar refractivity (Wildman–Crippen MR) is 137 cm³/mol.